The van der Waals surface area contributed by atoms with Crippen molar-refractivity contribution in [3.63, 3.8) is 0 Å². The van der Waals surface area contributed by atoms with Gasteiger partial charge in [-0.15, -0.1) is 0 Å². The largest absolute Gasteiger partial charge is 0.309 e. The third-order valence-corrected chi connectivity index (χ3v) is 11.7. The Hall–Kier alpha value is -9.09. The summed E-state index contributed by atoms with van der Waals surface area (Å²) in [6.07, 6.45) is 0. The van der Waals surface area contributed by atoms with Crippen molar-refractivity contribution in [3.05, 3.63) is 205 Å². The molecule has 0 amide bonds. The fourth-order valence-electron chi connectivity index (χ4n) is 8.68. The molecule has 3 aromatic heterocycles. The summed E-state index contributed by atoms with van der Waals surface area (Å²) in [7, 11) is 0. The van der Waals surface area contributed by atoms with Crippen LogP contribution in [0.25, 0.3) is 100 Å². The van der Waals surface area contributed by atoms with Crippen molar-refractivity contribution in [3.8, 4) is 74.6 Å². The first-order chi connectivity index (χ1) is 30.6. The van der Waals surface area contributed by atoms with Crippen molar-refractivity contribution in [1.29, 1.82) is 15.8 Å². The van der Waals surface area contributed by atoms with Gasteiger partial charge in [0.15, 0.2) is 5.82 Å². The van der Waals surface area contributed by atoms with E-state index in [0.29, 0.717) is 28.2 Å². The van der Waals surface area contributed by atoms with Crippen LogP contribution >= 0.6 is 0 Å². The van der Waals surface area contributed by atoms with Crippen molar-refractivity contribution in [2.75, 3.05) is 0 Å². The molecule has 0 N–H and O–H groups in total. The highest BCUT2D eigenvalue weighted by atomic mass is 15.0. The second-order valence-corrected chi connectivity index (χ2v) is 15.2. The number of rotatable bonds is 6. The lowest BCUT2D eigenvalue weighted by Gasteiger charge is -2.13. The van der Waals surface area contributed by atoms with E-state index in [2.05, 4.69) is 118 Å². The Morgan fingerprint density at radius 3 is 1.39 bits per heavy atom. The highest BCUT2D eigenvalue weighted by Gasteiger charge is 2.19. The highest BCUT2D eigenvalue weighted by molar-refractivity contribution is 6.12. The minimum Gasteiger partial charge on any atom is -0.309 e. The van der Waals surface area contributed by atoms with Crippen LogP contribution in [0.4, 0.5) is 0 Å². The van der Waals surface area contributed by atoms with Gasteiger partial charge < -0.3 is 9.13 Å². The molecule has 0 fully saturated rings. The molecule has 7 heteroatoms. The minimum atomic E-state index is 0.526. The SMILES string of the molecule is N#Cc1ccc(-c2cc(-c3ccc(-c4ccc(-n5c6ccccc6c6cc(-n7c8ccccc8c8ccccc87)ccc65)c(C#N)c4)cc3)nc(-c3ccc(C#N)cc3)n2)cc1. The predicted molar refractivity (Wildman–Crippen MR) is 247 cm³/mol. The topological polar surface area (TPSA) is 107 Å². The maximum Gasteiger partial charge on any atom is 0.160 e. The van der Waals surface area contributed by atoms with Gasteiger partial charge in [0.2, 0.25) is 0 Å². The molecule has 3 heterocycles. The number of fused-ring (bicyclic) bond motifs is 6. The van der Waals surface area contributed by atoms with Gasteiger partial charge >= 0.3 is 0 Å². The molecule has 0 bridgehead atoms. The zero-order valence-electron chi connectivity index (χ0n) is 33.0. The molecule has 11 aromatic rings. The molecular weight excluding hydrogens is 759 g/mol. The fraction of sp³-hybridized carbons (Fsp3) is 0. The van der Waals surface area contributed by atoms with E-state index in [-0.39, 0.29) is 0 Å². The third-order valence-electron chi connectivity index (χ3n) is 11.7. The van der Waals surface area contributed by atoms with Crippen molar-refractivity contribution in [2.45, 2.75) is 0 Å². The van der Waals surface area contributed by atoms with Crippen LogP contribution in [0.5, 0.6) is 0 Å². The third kappa shape index (κ3) is 5.96. The van der Waals surface area contributed by atoms with Crippen LogP contribution in [0.3, 0.4) is 0 Å². The van der Waals surface area contributed by atoms with Crippen LogP contribution in [0.1, 0.15) is 16.7 Å². The monoisotopic (exact) mass is 789 g/mol. The number of benzene rings is 8. The molecule has 0 saturated carbocycles. The second kappa shape index (κ2) is 14.6. The molecule has 0 atom stereocenters. The Morgan fingerprint density at radius 1 is 0.355 bits per heavy atom. The van der Waals surface area contributed by atoms with E-state index < -0.39 is 0 Å². The van der Waals surface area contributed by atoms with E-state index in [4.69, 9.17) is 9.97 Å². The molecule has 0 aliphatic rings. The number of aromatic nitrogens is 4. The Labute approximate surface area is 356 Å². The van der Waals surface area contributed by atoms with Gasteiger partial charge in [0.1, 0.15) is 6.07 Å². The summed E-state index contributed by atoms with van der Waals surface area (Å²) in [5, 5.41) is 34.1. The van der Waals surface area contributed by atoms with Crippen molar-refractivity contribution in [2.24, 2.45) is 0 Å². The van der Waals surface area contributed by atoms with E-state index in [0.717, 1.165) is 77.7 Å². The highest BCUT2D eigenvalue weighted by Crippen LogP contribution is 2.38. The molecule has 0 aliphatic carbocycles. The summed E-state index contributed by atoms with van der Waals surface area (Å²) >= 11 is 0. The van der Waals surface area contributed by atoms with E-state index in [1.165, 1.54) is 10.8 Å². The normalized spacial score (nSPS) is 11.2. The van der Waals surface area contributed by atoms with Gasteiger partial charge in [0, 0.05) is 43.9 Å². The first kappa shape index (κ1) is 36.0. The van der Waals surface area contributed by atoms with Gasteiger partial charge in [0.25, 0.3) is 0 Å². The Bertz CT molecular complexity index is 3570. The molecule has 286 valence electrons. The Kier molecular flexibility index (Phi) is 8.50. The Morgan fingerprint density at radius 2 is 0.823 bits per heavy atom. The maximum absolute atomic E-state index is 10.7. The van der Waals surface area contributed by atoms with Crippen molar-refractivity contribution in [1.82, 2.24) is 19.1 Å². The lowest BCUT2D eigenvalue weighted by molar-refractivity contribution is 1.16. The van der Waals surface area contributed by atoms with Crippen LogP contribution < -0.4 is 0 Å². The average Bonchev–Trinajstić information content (AvgIpc) is 3.86. The maximum atomic E-state index is 10.7. The predicted octanol–water partition coefficient (Wildman–Crippen LogP) is 13.0. The minimum absolute atomic E-state index is 0.526. The first-order valence-electron chi connectivity index (χ1n) is 20.2. The molecule has 8 aromatic carbocycles. The molecule has 7 nitrogen and oxygen atoms in total. The number of hydrogen-bond acceptors (Lipinski definition) is 5. The molecule has 11 rings (SSSR count). The summed E-state index contributed by atoms with van der Waals surface area (Å²) < 4.78 is 4.54. The smallest absolute Gasteiger partial charge is 0.160 e. The number of nitriles is 3. The first-order valence-corrected chi connectivity index (χ1v) is 20.2. The molecule has 0 spiro atoms. The summed E-state index contributed by atoms with van der Waals surface area (Å²) in [5.74, 6) is 0.526. The zero-order chi connectivity index (χ0) is 41.7. The average molecular weight is 790 g/mol. The lowest BCUT2D eigenvalue weighted by atomic mass is 9.99. The van der Waals surface area contributed by atoms with Crippen LogP contribution in [0.15, 0.2) is 188 Å². The van der Waals surface area contributed by atoms with Crippen LogP contribution in [0, 0.1) is 34.0 Å². The zero-order valence-corrected chi connectivity index (χ0v) is 33.0. The molecular formula is C55H31N7. The van der Waals surface area contributed by atoms with Crippen molar-refractivity contribution < 1.29 is 0 Å². The molecule has 0 aliphatic heterocycles. The van der Waals surface area contributed by atoms with E-state index in [1.54, 1.807) is 24.3 Å². The summed E-state index contributed by atoms with van der Waals surface area (Å²) in [4.78, 5) is 9.85. The van der Waals surface area contributed by atoms with Gasteiger partial charge in [-0.3, -0.25) is 0 Å². The van der Waals surface area contributed by atoms with Gasteiger partial charge in [-0.1, -0.05) is 97.1 Å². The summed E-state index contributed by atoms with van der Waals surface area (Å²) in [6.45, 7) is 0. The standard InChI is InChI=1S/C55H31N7/c56-32-35-13-17-38(18-14-35)48-31-49(60-55(59-48)40-19-15-36(33-57)16-20-40)39-23-21-37(22-24-39)41-25-27-50(42(29-41)34-58)62-53-12-6-3-9-46(53)47-30-43(26-28-54(47)62)61-51-10-4-1-7-44(51)45-8-2-5-11-52(45)61/h1-31H. The van der Waals surface area contributed by atoms with E-state index in [1.807, 2.05) is 72.8 Å². The van der Waals surface area contributed by atoms with E-state index in [9.17, 15) is 15.8 Å². The number of nitrogens with zero attached hydrogens (tertiary/aromatic N) is 7. The lowest BCUT2D eigenvalue weighted by Crippen LogP contribution is -1.99. The van der Waals surface area contributed by atoms with Gasteiger partial charge in [0.05, 0.1) is 68.0 Å². The fourth-order valence-corrected chi connectivity index (χ4v) is 8.68. The number of hydrogen-bond donors (Lipinski definition) is 0. The van der Waals surface area contributed by atoms with Crippen LogP contribution in [-0.2, 0) is 0 Å². The Balaban J connectivity index is 0.974. The van der Waals surface area contributed by atoms with Crippen LogP contribution in [-0.4, -0.2) is 19.1 Å². The van der Waals surface area contributed by atoms with Gasteiger partial charge in [-0.2, -0.15) is 15.8 Å². The van der Waals surface area contributed by atoms with Crippen molar-refractivity contribution >= 4 is 43.6 Å². The van der Waals surface area contributed by atoms with Crippen LogP contribution in [0.2, 0.25) is 0 Å². The second-order valence-electron chi connectivity index (χ2n) is 15.2. The molecule has 0 saturated heterocycles. The van der Waals surface area contributed by atoms with Gasteiger partial charge in [-0.25, -0.2) is 9.97 Å². The van der Waals surface area contributed by atoms with Gasteiger partial charge in [-0.05, 0) is 102 Å². The quantitative estimate of drug-likeness (QED) is 0.167. The number of para-hydroxylation sites is 3. The van der Waals surface area contributed by atoms with E-state index >= 15 is 0 Å². The molecule has 62 heavy (non-hydrogen) atoms. The molecule has 0 radical (unpaired) electrons. The molecule has 0 unspecified atom stereocenters. The summed E-state index contributed by atoms with van der Waals surface area (Å²) in [5.41, 5.74) is 13.8. The summed E-state index contributed by atoms with van der Waals surface area (Å²) in [6, 6.07) is 69.7.